The Hall–Kier alpha value is -1.38. The van der Waals surface area contributed by atoms with Crippen LogP contribution in [0, 0.1) is 17.6 Å². The Balaban J connectivity index is 1.88. The van der Waals surface area contributed by atoms with Crippen LogP contribution in [0.1, 0.15) is 95.1 Å². The van der Waals surface area contributed by atoms with Crippen LogP contribution in [-0.2, 0) is 16.6 Å². The second-order valence-corrected chi connectivity index (χ2v) is 8.86. The quantitative estimate of drug-likeness (QED) is 0.344. The first-order chi connectivity index (χ1) is 13.6. The minimum atomic E-state index is -0.589. The summed E-state index contributed by atoms with van der Waals surface area (Å²) in [5.74, 6) is -0.717. The molecule has 1 nitrogen and oxygen atoms in total. The molecule has 0 saturated heterocycles. The highest BCUT2D eigenvalue weighted by atomic mass is 19.2. The van der Waals surface area contributed by atoms with Crippen molar-refractivity contribution in [3.05, 3.63) is 46.7 Å². The van der Waals surface area contributed by atoms with Crippen molar-refractivity contribution in [3.63, 3.8) is 0 Å². The fourth-order valence-electron chi connectivity index (χ4n) is 5.64. The lowest BCUT2D eigenvalue weighted by molar-refractivity contribution is 0.153. The van der Waals surface area contributed by atoms with Gasteiger partial charge in [0.2, 0.25) is 0 Å². The lowest BCUT2D eigenvalue weighted by atomic mass is 9.58. The summed E-state index contributed by atoms with van der Waals surface area (Å²) in [5, 5.41) is 0. The van der Waals surface area contributed by atoms with Crippen molar-refractivity contribution in [2.75, 3.05) is 7.11 Å². The smallest absolute Gasteiger partial charge is 0.162 e. The van der Waals surface area contributed by atoms with E-state index in [1.165, 1.54) is 12.0 Å². The van der Waals surface area contributed by atoms with Gasteiger partial charge in [0, 0.05) is 5.41 Å². The first-order valence-corrected chi connectivity index (χ1v) is 11.3. The number of benzene rings is 1. The molecule has 156 valence electrons. The summed E-state index contributed by atoms with van der Waals surface area (Å²) in [6.07, 6.45) is 15.2. The molecule has 0 aliphatic heterocycles. The van der Waals surface area contributed by atoms with Crippen LogP contribution in [0.3, 0.4) is 0 Å². The third kappa shape index (κ3) is 4.44. The van der Waals surface area contributed by atoms with Crippen LogP contribution in [0.25, 0.3) is 0 Å². The second-order valence-electron chi connectivity index (χ2n) is 8.86. The van der Waals surface area contributed by atoms with Gasteiger partial charge in [-0.05, 0) is 74.0 Å². The highest BCUT2D eigenvalue weighted by Gasteiger charge is 2.44. The molecule has 28 heavy (non-hydrogen) atoms. The van der Waals surface area contributed by atoms with E-state index in [0.29, 0.717) is 23.5 Å². The normalized spacial score (nSPS) is 22.1. The highest BCUT2D eigenvalue weighted by molar-refractivity contribution is 5.34. The van der Waals surface area contributed by atoms with Crippen molar-refractivity contribution in [1.29, 1.82) is 0 Å². The van der Waals surface area contributed by atoms with Crippen LogP contribution in [0.4, 0.5) is 8.78 Å². The number of methoxy groups -OCH3 is 1. The summed E-state index contributed by atoms with van der Waals surface area (Å²) in [7, 11) is 1.70. The average molecular weight is 391 g/mol. The predicted molar refractivity (Wildman–Crippen MR) is 111 cm³/mol. The van der Waals surface area contributed by atoms with Gasteiger partial charge in [-0.1, -0.05) is 51.2 Å². The highest BCUT2D eigenvalue weighted by Crippen LogP contribution is 2.51. The standard InChI is InChI=1S/C25H36F2O/c1-3-4-6-9-20-12-15-22(24(27)23(20)26)25(16-7-5-8-17-25)21-13-10-19(11-14-21)18-28-2/h12,15,18,21H,3-11,13-14,16-17H2,1-2H3. The lowest BCUT2D eigenvalue weighted by Crippen LogP contribution is -2.40. The van der Waals surface area contributed by atoms with Crippen LogP contribution in [0.15, 0.2) is 24.0 Å². The number of aryl methyl sites for hydroxylation is 1. The first-order valence-electron chi connectivity index (χ1n) is 11.3. The zero-order valence-corrected chi connectivity index (χ0v) is 17.7. The number of hydrogen-bond donors (Lipinski definition) is 0. The van der Waals surface area contributed by atoms with E-state index in [0.717, 1.165) is 70.6 Å². The first kappa shape index (κ1) is 21.3. The van der Waals surface area contributed by atoms with E-state index in [1.54, 1.807) is 7.11 Å². The minimum absolute atomic E-state index is 0.191. The zero-order chi connectivity index (χ0) is 20.0. The molecule has 0 bridgehead atoms. The van der Waals surface area contributed by atoms with Crippen LogP contribution in [0.5, 0.6) is 0 Å². The second kappa shape index (κ2) is 9.89. The molecular weight excluding hydrogens is 354 g/mol. The van der Waals surface area contributed by atoms with Gasteiger partial charge in [-0.25, -0.2) is 8.78 Å². The van der Waals surface area contributed by atoms with Crippen LogP contribution < -0.4 is 0 Å². The van der Waals surface area contributed by atoms with Gasteiger partial charge in [0.25, 0.3) is 0 Å². The van der Waals surface area contributed by atoms with Crippen LogP contribution >= 0.6 is 0 Å². The average Bonchev–Trinajstić information content (AvgIpc) is 2.73. The summed E-state index contributed by atoms with van der Waals surface area (Å²) < 4.78 is 35.5. The number of allylic oxidation sites excluding steroid dienone is 1. The van der Waals surface area contributed by atoms with E-state index >= 15 is 4.39 Å². The predicted octanol–water partition coefficient (Wildman–Crippen LogP) is 7.62. The summed E-state index contributed by atoms with van der Waals surface area (Å²) in [5.41, 5.74) is 2.37. The summed E-state index contributed by atoms with van der Waals surface area (Å²) in [6.45, 7) is 2.13. The molecule has 0 amide bonds. The van der Waals surface area contributed by atoms with E-state index in [1.807, 2.05) is 18.4 Å². The van der Waals surface area contributed by atoms with E-state index in [2.05, 4.69) is 6.92 Å². The summed E-state index contributed by atoms with van der Waals surface area (Å²) in [4.78, 5) is 0. The molecular formula is C25H36F2O. The van der Waals surface area contributed by atoms with E-state index in [9.17, 15) is 4.39 Å². The van der Waals surface area contributed by atoms with Crippen molar-refractivity contribution in [1.82, 2.24) is 0 Å². The molecule has 0 heterocycles. The Morgan fingerprint density at radius 3 is 2.39 bits per heavy atom. The maximum atomic E-state index is 15.3. The third-order valence-corrected chi connectivity index (χ3v) is 7.19. The van der Waals surface area contributed by atoms with Gasteiger partial charge in [-0.3, -0.25) is 0 Å². The Kier molecular flexibility index (Phi) is 7.54. The van der Waals surface area contributed by atoms with E-state index < -0.39 is 11.6 Å². The minimum Gasteiger partial charge on any atom is -0.504 e. The SMILES string of the molecule is CCCCCc1ccc(C2(C3CCC(=COC)CC3)CCCCC2)c(F)c1F. The Morgan fingerprint density at radius 2 is 1.75 bits per heavy atom. The zero-order valence-electron chi connectivity index (χ0n) is 17.7. The molecule has 0 unspecified atom stereocenters. The maximum absolute atomic E-state index is 15.3. The fourth-order valence-corrected chi connectivity index (χ4v) is 5.64. The molecule has 1 aromatic carbocycles. The van der Waals surface area contributed by atoms with Gasteiger partial charge in [0.1, 0.15) is 0 Å². The van der Waals surface area contributed by atoms with Gasteiger partial charge in [-0.15, -0.1) is 0 Å². The Bertz CT molecular complexity index is 663. The van der Waals surface area contributed by atoms with Gasteiger partial charge < -0.3 is 4.74 Å². The topological polar surface area (TPSA) is 9.23 Å². The molecule has 0 radical (unpaired) electrons. The number of ether oxygens (including phenoxy) is 1. The van der Waals surface area contributed by atoms with Crippen LogP contribution in [-0.4, -0.2) is 7.11 Å². The number of halogens is 2. The van der Waals surface area contributed by atoms with Gasteiger partial charge in [-0.2, -0.15) is 0 Å². The molecule has 3 rings (SSSR count). The summed E-state index contributed by atoms with van der Waals surface area (Å²) >= 11 is 0. The number of hydrogen-bond acceptors (Lipinski definition) is 1. The molecule has 0 N–H and O–H groups in total. The van der Waals surface area contributed by atoms with Gasteiger partial charge >= 0.3 is 0 Å². The monoisotopic (exact) mass is 390 g/mol. The van der Waals surface area contributed by atoms with Crippen LogP contribution in [0.2, 0.25) is 0 Å². The third-order valence-electron chi connectivity index (χ3n) is 7.19. The van der Waals surface area contributed by atoms with Crippen molar-refractivity contribution >= 4 is 0 Å². The molecule has 0 spiro atoms. The molecule has 2 fully saturated rings. The lowest BCUT2D eigenvalue weighted by Gasteiger charge is -2.46. The van der Waals surface area contributed by atoms with Crippen molar-refractivity contribution in [3.8, 4) is 0 Å². The Morgan fingerprint density at radius 1 is 1.04 bits per heavy atom. The molecule has 3 heteroatoms. The summed E-state index contributed by atoms with van der Waals surface area (Å²) in [6, 6.07) is 3.81. The molecule has 1 aromatic rings. The molecule has 0 aromatic heterocycles. The van der Waals surface area contributed by atoms with Crippen molar-refractivity contribution < 1.29 is 13.5 Å². The Labute approximate surface area is 169 Å². The molecule has 2 saturated carbocycles. The molecule has 0 atom stereocenters. The number of unbranched alkanes of at least 4 members (excludes halogenated alkanes) is 2. The van der Waals surface area contributed by atoms with Gasteiger partial charge in [0.05, 0.1) is 13.4 Å². The largest absolute Gasteiger partial charge is 0.504 e. The van der Waals surface area contributed by atoms with Crippen molar-refractivity contribution in [2.45, 2.75) is 95.8 Å². The van der Waals surface area contributed by atoms with E-state index in [4.69, 9.17) is 4.74 Å². The van der Waals surface area contributed by atoms with Crippen molar-refractivity contribution in [2.24, 2.45) is 5.92 Å². The number of rotatable bonds is 7. The van der Waals surface area contributed by atoms with E-state index in [-0.39, 0.29) is 5.41 Å². The maximum Gasteiger partial charge on any atom is 0.162 e. The fraction of sp³-hybridized carbons (Fsp3) is 0.680. The molecule has 2 aliphatic carbocycles. The van der Waals surface area contributed by atoms with Gasteiger partial charge in [0.15, 0.2) is 11.6 Å². The molecule has 2 aliphatic rings.